The zero-order valence-corrected chi connectivity index (χ0v) is 16.3. The first-order valence-electron chi connectivity index (χ1n) is 9.19. The fraction of sp³-hybridized carbons (Fsp3) is 0.174. The monoisotopic (exact) mass is 392 g/mol. The maximum absolute atomic E-state index is 12.1. The van der Waals surface area contributed by atoms with Crippen LogP contribution < -0.4 is 5.32 Å². The summed E-state index contributed by atoms with van der Waals surface area (Å²) in [5.41, 5.74) is 4.58. The minimum atomic E-state index is -0.417. The first-order valence-corrected chi connectivity index (χ1v) is 9.57. The van der Waals surface area contributed by atoms with Crippen LogP contribution in [0, 0.1) is 5.92 Å². The molecule has 0 fully saturated rings. The lowest BCUT2D eigenvalue weighted by Crippen LogP contribution is -2.19. The highest BCUT2D eigenvalue weighted by Crippen LogP contribution is 2.35. The molecule has 1 aliphatic carbocycles. The summed E-state index contributed by atoms with van der Waals surface area (Å²) in [6.45, 7) is 0.835. The number of hydrogen-bond acceptors (Lipinski definition) is 4. The maximum Gasteiger partial charge on any atom is 0.340 e. The number of hydrogen-bond donors (Lipinski definition) is 1. The van der Waals surface area contributed by atoms with E-state index in [1.807, 2.05) is 6.07 Å². The molecule has 5 heteroatoms. The quantitative estimate of drug-likeness (QED) is 0.696. The Morgan fingerprint density at radius 1 is 1.25 bits per heavy atom. The third-order valence-electron chi connectivity index (χ3n) is 4.97. The van der Waals surface area contributed by atoms with Crippen molar-refractivity contribution in [2.45, 2.75) is 13.0 Å². The number of methoxy groups -OCH3 is 1. The number of carbonyl (C=O) groups excluding carboxylic acids is 1. The van der Waals surface area contributed by atoms with E-state index in [4.69, 9.17) is 16.3 Å². The molecule has 1 heterocycles. The van der Waals surface area contributed by atoms with Crippen molar-refractivity contribution in [2.24, 2.45) is 5.92 Å². The van der Waals surface area contributed by atoms with E-state index in [2.05, 4.69) is 58.9 Å². The largest absolute Gasteiger partial charge is 0.465 e. The van der Waals surface area contributed by atoms with Crippen LogP contribution in [0.4, 0.5) is 5.69 Å². The summed E-state index contributed by atoms with van der Waals surface area (Å²) in [5.74, 6) is -0.0280. The molecular weight excluding hydrogens is 372 g/mol. The number of carbonyl (C=O) groups is 1. The second kappa shape index (κ2) is 7.95. The van der Waals surface area contributed by atoms with Gasteiger partial charge < -0.3 is 15.0 Å². The molecular formula is C23H21ClN2O2. The highest BCUT2D eigenvalue weighted by molar-refractivity contribution is 6.31. The maximum atomic E-state index is 12.1. The lowest BCUT2D eigenvalue weighted by molar-refractivity contribution is 0.0602. The van der Waals surface area contributed by atoms with E-state index >= 15 is 0 Å². The highest BCUT2D eigenvalue weighted by atomic mass is 35.5. The van der Waals surface area contributed by atoms with Crippen molar-refractivity contribution in [3.8, 4) is 0 Å². The van der Waals surface area contributed by atoms with E-state index in [-0.39, 0.29) is 0 Å². The van der Waals surface area contributed by atoms with Crippen molar-refractivity contribution in [1.82, 2.24) is 4.90 Å². The first kappa shape index (κ1) is 18.4. The SMILES string of the molecule is COC(=O)c1cc(Cl)ccc1NC1=CCC2C=CN(Cc3ccccc3)C2=C1. The van der Waals surface area contributed by atoms with Crippen LogP contribution in [0.25, 0.3) is 0 Å². The van der Waals surface area contributed by atoms with Crippen molar-refractivity contribution in [3.05, 3.63) is 101 Å². The average Bonchev–Trinajstić information content (AvgIpc) is 3.11. The summed E-state index contributed by atoms with van der Waals surface area (Å²) in [4.78, 5) is 14.4. The Balaban J connectivity index is 1.55. The van der Waals surface area contributed by atoms with Crippen molar-refractivity contribution < 1.29 is 9.53 Å². The molecule has 1 atom stereocenters. The van der Waals surface area contributed by atoms with Gasteiger partial charge in [-0.05, 0) is 36.3 Å². The van der Waals surface area contributed by atoms with Crippen LogP contribution in [-0.2, 0) is 11.3 Å². The Bertz CT molecular complexity index is 979. The summed E-state index contributed by atoms with van der Waals surface area (Å²) in [5, 5.41) is 3.86. The number of esters is 1. The third kappa shape index (κ3) is 3.82. The molecule has 0 spiro atoms. The Morgan fingerprint density at radius 3 is 2.86 bits per heavy atom. The van der Waals surface area contributed by atoms with E-state index in [1.165, 1.54) is 18.4 Å². The smallest absolute Gasteiger partial charge is 0.340 e. The zero-order valence-electron chi connectivity index (χ0n) is 15.6. The van der Waals surface area contributed by atoms with Gasteiger partial charge in [0.2, 0.25) is 0 Å². The second-order valence-electron chi connectivity index (χ2n) is 6.83. The Morgan fingerprint density at radius 2 is 2.07 bits per heavy atom. The van der Waals surface area contributed by atoms with Gasteiger partial charge in [-0.3, -0.25) is 0 Å². The van der Waals surface area contributed by atoms with E-state index in [9.17, 15) is 4.79 Å². The van der Waals surface area contributed by atoms with E-state index < -0.39 is 5.97 Å². The molecule has 1 N–H and O–H groups in total. The number of nitrogens with zero attached hydrogens (tertiary/aromatic N) is 1. The molecule has 1 unspecified atom stereocenters. The van der Waals surface area contributed by atoms with Crippen LogP contribution in [-0.4, -0.2) is 18.0 Å². The van der Waals surface area contributed by atoms with Gasteiger partial charge in [0.05, 0.1) is 18.4 Å². The fourth-order valence-electron chi connectivity index (χ4n) is 3.54. The van der Waals surface area contributed by atoms with Crippen molar-refractivity contribution >= 4 is 23.3 Å². The molecule has 2 aliphatic rings. The number of halogens is 1. The normalized spacial score (nSPS) is 17.6. The molecule has 2 aromatic carbocycles. The molecule has 0 saturated heterocycles. The number of rotatable bonds is 5. The summed E-state index contributed by atoms with van der Waals surface area (Å²) in [6, 6.07) is 15.6. The summed E-state index contributed by atoms with van der Waals surface area (Å²) >= 11 is 6.05. The number of anilines is 1. The van der Waals surface area contributed by atoms with Gasteiger partial charge in [0.1, 0.15) is 0 Å². The Hall–Kier alpha value is -2.98. The number of benzene rings is 2. The summed E-state index contributed by atoms with van der Waals surface area (Å²) in [7, 11) is 1.37. The second-order valence-corrected chi connectivity index (χ2v) is 7.27. The van der Waals surface area contributed by atoms with Gasteiger partial charge >= 0.3 is 5.97 Å². The molecule has 142 valence electrons. The van der Waals surface area contributed by atoms with Crippen LogP contribution in [0.1, 0.15) is 22.3 Å². The van der Waals surface area contributed by atoms with Crippen LogP contribution in [0.3, 0.4) is 0 Å². The highest BCUT2D eigenvalue weighted by Gasteiger charge is 2.25. The average molecular weight is 393 g/mol. The topological polar surface area (TPSA) is 41.6 Å². The summed E-state index contributed by atoms with van der Waals surface area (Å²) in [6.07, 6.45) is 9.61. The third-order valence-corrected chi connectivity index (χ3v) is 5.20. The Kier molecular flexibility index (Phi) is 5.22. The molecule has 0 radical (unpaired) electrons. The van der Waals surface area contributed by atoms with Crippen LogP contribution in [0.2, 0.25) is 5.02 Å². The molecule has 0 aromatic heterocycles. The predicted octanol–water partition coefficient (Wildman–Crippen LogP) is 5.36. The fourth-order valence-corrected chi connectivity index (χ4v) is 3.71. The molecule has 0 bridgehead atoms. The zero-order chi connectivity index (χ0) is 19.5. The van der Waals surface area contributed by atoms with Crippen molar-refractivity contribution in [3.63, 3.8) is 0 Å². The van der Waals surface area contributed by atoms with Gasteiger partial charge in [0, 0.05) is 35.1 Å². The molecule has 1 aliphatic heterocycles. The van der Waals surface area contributed by atoms with Gasteiger partial charge in [-0.15, -0.1) is 0 Å². The molecule has 4 nitrogen and oxygen atoms in total. The number of allylic oxidation sites excluding steroid dienone is 3. The van der Waals surface area contributed by atoms with E-state index in [1.54, 1.807) is 18.2 Å². The molecule has 0 amide bonds. The van der Waals surface area contributed by atoms with E-state index in [0.29, 0.717) is 22.2 Å². The van der Waals surface area contributed by atoms with Gasteiger partial charge in [0.15, 0.2) is 0 Å². The van der Waals surface area contributed by atoms with Crippen LogP contribution in [0.15, 0.2) is 84.4 Å². The van der Waals surface area contributed by atoms with E-state index in [0.717, 1.165) is 18.7 Å². The molecule has 0 saturated carbocycles. The van der Waals surface area contributed by atoms with Crippen LogP contribution in [0.5, 0.6) is 0 Å². The lowest BCUT2D eigenvalue weighted by atomic mass is 9.96. The predicted molar refractivity (Wildman–Crippen MR) is 112 cm³/mol. The minimum Gasteiger partial charge on any atom is -0.465 e. The summed E-state index contributed by atoms with van der Waals surface area (Å²) < 4.78 is 4.88. The number of fused-ring (bicyclic) bond motifs is 1. The molecule has 28 heavy (non-hydrogen) atoms. The van der Waals surface area contributed by atoms with Crippen LogP contribution >= 0.6 is 11.6 Å². The van der Waals surface area contributed by atoms with Crippen molar-refractivity contribution in [2.75, 3.05) is 12.4 Å². The van der Waals surface area contributed by atoms with Crippen molar-refractivity contribution in [1.29, 1.82) is 0 Å². The minimum absolute atomic E-state index is 0.388. The van der Waals surface area contributed by atoms with Gasteiger partial charge in [-0.2, -0.15) is 0 Å². The first-order chi connectivity index (χ1) is 13.6. The van der Waals surface area contributed by atoms with Gasteiger partial charge in [0.25, 0.3) is 0 Å². The molecule has 2 aromatic rings. The Labute approximate surface area is 169 Å². The number of nitrogens with one attached hydrogen (secondary N) is 1. The molecule has 4 rings (SSSR count). The number of ether oxygens (including phenoxy) is 1. The lowest BCUT2D eigenvalue weighted by Gasteiger charge is -2.26. The van der Waals surface area contributed by atoms with Gasteiger partial charge in [-0.25, -0.2) is 4.79 Å². The van der Waals surface area contributed by atoms with Gasteiger partial charge in [-0.1, -0.05) is 54.1 Å². The standard InChI is InChI=1S/C23H21ClN2O2/c1-28-23(27)20-13-18(24)8-10-21(20)25-19-9-7-17-11-12-26(22(17)14-19)15-16-5-3-2-4-6-16/h2-6,8-14,17,25H,7,15H2,1H3.